The second-order valence-corrected chi connectivity index (χ2v) is 6.91. The standard InChI is InChI=1S/C15H21ClN2O2S/c1-4-9-17-12-13-11-14(7-8-15(13)16)21(19,20)18(6-3)10-5-2/h2,7-8,11,17H,4,6,9-10,12H2,1,3H3. The maximum absolute atomic E-state index is 12.5. The molecule has 0 atom stereocenters. The summed E-state index contributed by atoms with van der Waals surface area (Å²) < 4.78 is 26.3. The Kier molecular flexibility index (Phi) is 7.20. The van der Waals surface area contributed by atoms with E-state index in [0.29, 0.717) is 18.1 Å². The molecule has 0 unspecified atom stereocenters. The fraction of sp³-hybridized carbons (Fsp3) is 0.467. The third kappa shape index (κ3) is 4.72. The molecule has 1 aromatic rings. The molecule has 0 aliphatic rings. The van der Waals surface area contributed by atoms with Gasteiger partial charge in [-0.05, 0) is 36.7 Å². The Morgan fingerprint density at radius 1 is 1.38 bits per heavy atom. The van der Waals surface area contributed by atoms with Gasteiger partial charge in [-0.25, -0.2) is 8.42 Å². The summed E-state index contributed by atoms with van der Waals surface area (Å²) >= 11 is 6.12. The molecule has 0 aliphatic carbocycles. The van der Waals surface area contributed by atoms with E-state index in [2.05, 4.69) is 18.2 Å². The van der Waals surface area contributed by atoms with Crippen molar-refractivity contribution >= 4 is 21.6 Å². The molecule has 0 aromatic heterocycles. The molecule has 0 amide bonds. The molecule has 0 radical (unpaired) electrons. The molecule has 0 bridgehead atoms. The van der Waals surface area contributed by atoms with Crippen molar-refractivity contribution < 1.29 is 8.42 Å². The zero-order valence-electron chi connectivity index (χ0n) is 12.4. The summed E-state index contributed by atoms with van der Waals surface area (Å²) in [5, 5.41) is 3.77. The number of benzene rings is 1. The van der Waals surface area contributed by atoms with Crippen LogP contribution in [0.25, 0.3) is 0 Å². The van der Waals surface area contributed by atoms with Crippen molar-refractivity contribution in [2.75, 3.05) is 19.6 Å². The Balaban J connectivity index is 3.07. The fourth-order valence-electron chi connectivity index (χ4n) is 1.86. The number of sulfonamides is 1. The van der Waals surface area contributed by atoms with Gasteiger partial charge in [0.05, 0.1) is 11.4 Å². The molecule has 6 heteroatoms. The summed E-state index contributed by atoms with van der Waals surface area (Å²) in [4.78, 5) is 0.220. The lowest BCUT2D eigenvalue weighted by atomic mass is 10.2. The lowest BCUT2D eigenvalue weighted by Crippen LogP contribution is -2.31. The summed E-state index contributed by atoms with van der Waals surface area (Å²) in [6, 6.07) is 4.74. The molecule has 1 N–H and O–H groups in total. The van der Waals surface area contributed by atoms with Crippen molar-refractivity contribution in [3.8, 4) is 12.3 Å². The van der Waals surface area contributed by atoms with Gasteiger partial charge in [0.2, 0.25) is 10.0 Å². The Morgan fingerprint density at radius 3 is 2.67 bits per heavy atom. The highest BCUT2D eigenvalue weighted by atomic mass is 35.5. The normalized spacial score (nSPS) is 11.6. The number of rotatable bonds is 8. The van der Waals surface area contributed by atoms with Crippen molar-refractivity contribution in [2.45, 2.75) is 31.7 Å². The first kappa shape index (κ1) is 18.0. The molecule has 21 heavy (non-hydrogen) atoms. The molecule has 4 nitrogen and oxygen atoms in total. The van der Waals surface area contributed by atoms with E-state index >= 15 is 0 Å². The number of terminal acetylenes is 1. The van der Waals surface area contributed by atoms with Crippen LogP contribution in [-0.4, -0.2) is 32.4 Å². The molecule has 0 saturated heterocycles. The van der Waals surface area contributed by atoms with Crippen molar-refractivity contribution in [2.24, 2.45) is 0 Å². The van der Waals surface area contributed by atoms with E-state index in [0.717, 1.165) is 18.5 Å². The zero-order valence-corrected chi connectivity index (χ0v) is 14.0. The zero-order chi connectivity index (χ0) is 15.9. The van der Waals surface area contributed by atoms with E-state index in [1.165, 1.54) is 10.4 Å². The smallest absolute Gasteiger partial charge is 0.243 e. The van der Waals surface area contributed by atoms with Crippen LogP contribution in [0.5, 0.6) is 0 Å². The van der Waals surface area contributed by atoms with Crippen molar-refractivity contribution in [1.29, 1.82) is 0 Å². The second kappa shape index (κ2) is 8.40. The number of nitrogens with one attached hydrogen (secondary N) is 1. The third-order valence-corrected chi connectivity index (χ3v) is 5.30. The van der Waals surface area contributed by atoms with Gasteiger partial charge >= 0.3 is 0 Å². The Hall–Kier alpha value is -1.06. The van der Waals surface area contributed by atoms with Crippen LogP contribution in [-0.2, 0) is 16.6 Å². The lowest BCUT2D eigenvalue weighted by Gasteiger charge is -2.18. The van der Waals surface area contributed by atoms with Gasteiger partial charge in [-0.2, -0.15) is 4.31 Å². The van der Waals surface area contributed by atoms with E-state index in [-0.39, 0.29) is 11.4 Å². The predicted molar refractivity (Wildman–Crippen MR) is 86.7 cm³/mol. The van der Waals surface area contributed by atoms with Crippen LogP contribution in [0, 0.1) is 12.3 Å². The minimum atomic E-state index is -3.58. The Bertz CT molecular complexity index is 609. The largest absolute Gasteiger partial charge is 0.313 e. The highest BCUT2D eigenvalue weighted by Gasteiger charge is 2.23. The van der Waals surface area contributed by atoms with Crippen molar-refractivity contribution in [1.82, 2.24) is 9.62 Å². The molecular formula is C15H21ClN2O2S. The summed E-state index contributed by atoms with van der Waals surface area (Å²) in [7, 11) is -3.58. The molecule has 1 rings (SSSR count). The van der Waals surface area contributed by atoms with Crippen molar-refractivity contribution in [3.05, 3.63) is 28.8 Å². The van der Waals surface area contributed by atoms with Gasteiger partial charge in [-0.1, -0.05) is 31.4 Å². The number of hydrogen-bond donors (Lipinski definition) is 1. The first-order valence-electron chi connectivity index (χ1n) is 6.90. The minimum Gasteiger partial charge on any atom is -0.313 e. The summed E-state index contributed by atoms with van der Waals surface area (Å²) in [6.07, 6.45) is 6.23. The molecule has 116 valence electrons. The SMILES string of the molecule is C#CCN(CC)S(=O)(=O)c1ccc(Cl)c(CNCCC)c1. The predicted octanol–water partition coefficient (Wildman–Crippen LogP) is 2.48. The molecule has 0 fully saturated rings. The average Bonchev–Trinajstić information content (AvgIpc) is 2.46. The van der Waals surface area contributed by atoms with E-state index in [9.17, 15) is 8.42 Å². The number of nitrogens with zero attached hydrogens (tertiary/aromatic N) is 1. The quantitative estimate of drug-likeness (QED) is 0.589. The number of halogens is 1. The van der Waals surface area contributed by atoms with E-state index in [1.807, 2.05) is 0 Å². The second-order valence-electron chi connectivity index (χ2n) is 4.57. The first-order valence-corrected chi connectivity index (χ1v) is 8.71. The maximum atomic E-state index is 12.5. The Labute approximate surface area is 132 Å². The van der Waals surface area contributed by atoms with Crippen LogP contribution in [0.15, 0.2) is 23.1 Å². The van der Waals surface area contributed by atoms with Crippen LogP contribution in [0.2, 0.25) is 5.02 Å². The van der Waals surface area contributed by atoms with Gasteiger partial charge in [0.1, 0.15) is 0 Å². The molecule has 0 aliphatic heterocycles. The van der Waals surface area contributed by atoms with Crippen LogP contribution in [0.3, 0.4) is 0 Å². The summed E-state index contributed by atoms with van der Waals surface area (Å²) in [5.74, 6) is 2.37. The molecule has 0 heterocycles. The highest BCUT2D eigenvalue weighted by Crippen LogP contribution is 2.22. The number of hydrogen-bond acceptors (Lipinski definition) is 3. The van der Waals surface area contributed by atoms with Crippen LogP contribution in [0.4, 0.5) is 0 Å². The molecular weight excluding hydrogens is 308 g/mol. The summed E-state index contributed by atoms with van der Waals surface area (Å²) in [6.45, 7) is 5.61. The molecule has 1 aromatic carbocycles. The van der Waals surface area contributed by atoms with E-state index in [4.69, 9.17) is 18.0 Å². The van der Waals surface area contributed by atoms with Gasteiger partial charge in [-0.3, -0.25) is 0 Å². The average molecular weight is 329 g/mol. The van der Waals surface area contributed by atoms with Crippen LogP contribution >= 0.6 is 11.6 Å². The third-order valence-electron chi connectivity index (χ3n) is 3.02. The van der Waals surface area contributed by atoms with Gasteiger partial charge in [0, 0.05) is 18.1 Å². The Morgan fingerprint density at radius 2 is 2.10 bits per heavy atom. The molecule has 0 saturated carbocycles. The fourth-order valence-corrected chi connectivity index (χ4v) is 3.46. The monoisotopic (exact) mass is 328 g/mol. The summed E-state index contributed by atoms with van der Waals surface area (Å²) in [5.41, 5.74) is 0.767. The van der Waals surface area contributed by atoms with Gasteiger partial charge in [-0.15, -0.1) is 6.42 Å². The minimum absolute atomic E-state index is 0.0604. The lowest BCUT2D eigenvalue weighted by molar-refractivity contribution is 0.464. The van der Waals surface area contributed by atoms with Gasteiger partial charge in [0.25, 0.3) is 0 Å². The first-order chi connectivity index (χ1) is 9.97. The van der Waals surface area contributed by atoms with Gasteiger partial charge < -0.3 is 5.32 Å². The molecule has 0 spiro atoms. The van der Waals surface area contributed by atoms with Crippen LogP contribution < -0.4 is 5.32 Å². The van der Waals surface area contributed by atoms with E-state index < -0.39 is 10.0 Å². The van der Waals surface area contributed by atoms with Crippen molar-refractivity contribution in [3.63, 3.8) is 0 Å². The topological polar surface area (TPSA) is 49.4 Å². The highest BCUT2D eigenvalue weighted by molar-refractivity contribution is 7.89. The van der Waals surface area contributed by atoms with Gasteiger partial charge in [0.15, 0.2) is 0 Å². The maximum Gasteiger partial charge on any atom is 0.243 e. The van der Waals surface area contributed by atoms with Crippen LogP contribution in [0.1, 0.15) is 25.8 Å². The van der Waals surface area contributed by atoms with E-state index in [1.54, 1.807) is 19.1 Å².